The third-order valence-corrected chi connectivity index (χ3v) is 17.5. The minimum Gasteiger partial charge on any atom is -0.472 e. The third kappa shape index (κ3) is 24.9. The maximum Gasteiger partial charge on any atom is 0.127 e. The first-order chi connectivity index (χ1) is 47.6. The second kappa shape index (κ2) is 41.0. The van der Waals surface area contributed by atoms with Crippen LogP contribution in [0.25, 0.3) is 0 Å². The van der Waals surface area contributed by atoms with E-state index in [1.807, 2.05) is 117 Å². The van der Waals surface area contributed by atoms with Gasteiger partial charge in [0.05, 0.1) is 60.7 Å². The summed E-state index contributed by atoms with van der Waals surface area (Å²) in [7, 11) is 0. The van der Waals surface area contributed by atoms with E-state index in [0.717, 1.165) is 74.5 Å². The fourth-order valence-electron chi connectivity index (χ4n) is 10.9. The zero-order valence-electron chi connectivity index (χ0n) is 57.3. The smallest absolute Gasteiger partial charge is 0.127 e. The van der Waals surface area contributed by atoms with E-state index in [2.05, 4.69) is 199 Å². The average molecular weight is 1320 g/mol. The van der Waals surface area contributed by atoms with Gasteiger partial charge in [0, 0.05) is 179 Å². The number of aromatic nitrogens is 3. The van der Waals surface area contributed by atoms with Crippen LogP contribution in [0.15, 0.2) is 201 Å². The van der Waals surface area contributed by atoms with Crippen LogP contribution in [0.3, 0.4) is 0 Å². The summed E-state index contributed by atoms with van der Waals surface area (Å²) in [6.45, 7) is 17.2. The van der Waals surface area contributed by atoms with Crippen LogP contribution in [0.1, 0.15) is 195 Å². The number of hydrogen-bond donors (Lipinski definition) is 10. The zero-order valence-corrected chi connectivity index (χ0v) is 57.3. The van der Waals surface area contributed by atoms with Gasteiger partial charge in [-0.25, -0.2) is 0 Å². The summed E-state index contributed by atoms with van der Waals surface area (Å²) in [6.07, 6.45) is 42.9. The Morgan fingerprint density at radius 3 is 1.57 bits per heavy atom. The van der Waals surface area contributed by atoms with Crippen LogP contribution in [-0.4, -0.2) is 101 Å². The standard InChI is InChI=1S/C9H10N2.3C8H9N3.2C7H8N2O.C7H12N2.3C6H12N2/c1-2-4-8(5-3-1)9-6-7-10-11-9;1-4-9-5-2-7(1)8-3-6-10-11-8;1-2-7(6-9-4-1)8-3-5-10-11-8;1-2-5-9-7(3-1)8-4-6-10-11-8;1-3-8-9-7(1)6-2-4-10-5-6;1-2-7(10-5-1)6-3-4-8-9-6;1-2-4-7-6(3-1)5-8-9-7;1-5-6(2,3)4-7-8-5;1-3-6-4-7-8-5(6)2;1-3-6-5(2)4-7-8-6/h1-5,7,9,11H,6H2;2*1-2,4-6,8,11H,3H2;1-3,5-6,8,11H,4H2;2-5,7,9H,1H2;1-2,4-6,9H,3H2;6,8H,1-5H2;7H,4H2,1-3H3;2*4-6,8H,3H2,1-2H3. The highest BCUT2D eigenvalue weighted by atomic mass is 16.3. The Balaban J connectivity index is 0.000000138. The highest BCUT2D eigenvalue weighted by Crippen LogP contribution is 2.25. The normalized spacial score (nSPS) is 25.5. The second-order valence-electron chi connectivity index (χ2n) is 25.1. The molecule has 10 N–H and O–H groups in total. The fraction of sp³-hybridized carbons (Fsp3) is 0.458. The molecule has 15 heterocycles. The van der Waals surface area contributed by atoms with Gasteiger partial charge in [-0.2, -0.15) is 51.0 Å². The summed E-state index contributed by atoms with van der Waals surface area (Å²) in [5, 5.41) is 39.7. The number of nitrogens with zero attached hydrogens (tertiary/aromatic N) is 13. The molecule has 1 aliphatic carbocycles. The van der Waals surface area contributed by atoms with Crippen LogP contribution in [0, 0.1) is 23.2 Å². The highest BCUT2D eigenvalue weighted by Gasteiger charge is 2.26. The van der Waals surface area contributed by atoms with E-state index in [-0.39, 0.29) is 12.1 Å². The Bertz CT molecular complexity index is 3090. The molecule has 0 amide bonds. The monoisotopic (exact) mass is 1320 g/mol. The van der Waals surface area contributed by atoms with E-state index in [4.69, 9.17) is 8.83 Å². The molecule has 1 aromatic carbocycles. The molecule has 17 rings (SSSR count). The topological polar surface area (TPSA) is 309 Å². The molecule has 0 bridgehead atoms. The first kappa shape index (κ1) is 72.8. The Hall–Kier alpha value is -10.1. The predicted molar refractivity (Wildman–Crippen MR) is 393 cm³/mol. The molecule has 1 fully saturated rings. The fourth-order valence-corrected chi connectivity index (χ4v) is 10.9. The summed E-state index contributed by atoms with van der Waals surface area (Å²) in [5.74, 6) is 3.05. The van der Waals surface area contributed by atoms with Crippen molar-refractivity contribution in [2.24, 2.45) is 74.2 Å². The number of pyridine rings is 3. The Labute approximate surface area is 572 Å². The van der Waals surface area contributed by atoms with Crippen molar-refractivity contribution < 1.29 is 8.83 Å². The molecular formula is C72H101N23O2. The summed E-state index contributed by atoms with van der Waals surface area (Å²) in [6, 6.07) is 33.2. The Morgan fingerprint density at radius 1 is 0.505 bits per heavy atom. The third-order valence-electron chi connectivity index (χ3n) is 17.5. The van der Waals surface area contributed by atoms with Crippen molar-refractivity contribution in [3.05, 3.63) is 174 Å². The summed E-state index contributed by atoms with van der Waals surface area (Å²) in [4.78, 5) is 12.2. The molecule has 11 aliphatic rings. The molecule has 25 heteroatoms. The molecule has 0 radical (unpaired) electrons. The number of benzene rings is 1. The summed E-state index contributed by atoms with van der Waals surface area (Å²) in [5.41, 5.74) is 38.9. The predicted octanol–water partition coefficient (Wildman–Crippen LogP) is 11.7. The number of rotatable bonds is 8. The van der Waals surface area contributed by atoms with Gasteiger partial charge in [0.2, 0.25) is 0 Å². The lowest BCUT2D eigenvalue weighted by Crippen LogP contribution is -2.24. The SMILES string of the molecule is C1=NNC(c2ccccc2)C1.C1=NNC(c2ccccn2)C1.C1=NNC(c2cccnc2)C1.C1=NNC(c2ccco2)C1.C1=NNC(c2ccncc2)C1.C1=NNC(c2ccoc2)C1.C1CCC2CNN=C2C1.CC1=NNCC1(C)C.CCC1C=NNC1C.CCC1NN=CC1C. The lowest BCUT2D eigenvalue weighted by atomic mass is 9.88. The van der Waals surface area contributed by atoms with E-state index in [1.165, 1.54) is 66.6 Å². The van der Waals surface area contributed by atoms with Crippen molar-refractivity contribution in [2.75, 3.05) is 13.1 Å². The van der Waals surface area contributed by atoms with Gasteiger partial charge < -0.3 is 57.7 Å². The van der Waals surface area contributed by atoms with Crippen molar-refractivity contribution >= 4 is 61.1 Å². The molecular weight excluding hydrogens is 1220 g/mol. The Morgan fingerprint density at radius 2 is 1.11 bits per heavy atom. The van der Waals surface area contributed by atoms with Gasteiger partial charge in [-0.05, 0) is 111 Å². The largest absolute Gasteiger partial charge is 0.472 e. The highest BCUT2D eigenvalue weighted by molar-refractivity contribution is 5.89. The summed E-state index contributed by atoms with van der Waals surface area (Å²) < 4.78 is 10.1. The van der Waals surface area contributed by atoms with Crippen molar-refractivity contribution in [2.45, 2.75) is 174 Å². The maximum atomic E-state index is 5.17. The second-order valence-corrected chi connectivity index (χ2v) is 25.1. The molecule has 0 saturated heterocycles. The van der Waals surface area contributed by atoms with E-state index >= 15 is 0 Å². The number of hydrogen-bond acceptors (Lipinski definition) is 25. The van der Waals surface area contributed by atoms with Crippen molar-refractivity contribution in [1.82, 2.24) is 69.2 Å². The van der Waals surface area contributed by atoms with Crippen LogP contribution < -0.4 is 54.3 Å². The molecule has 1 saturated carbocycles. The molecule has 11 unspecified atom stereocenters. The van der Waals surface area contributed by atoms with Crippen LogP contribution in [0.5, 0.6) is 0 Å². The van der Waals surface area contributed by atoms with E-state index < -0.39 is 0 Å². The van der Waals surface area contributed by atoms with E-state index in [0.29, 0.717) is 53.5 Å². The zero-order chi connectivity index (χ0) is 68.0. The van der Waals surface area contributed by atoms with Crippen molar-refractivity contribution in [3.63, 3.8) is 0 Å². The van der Waals surface area contributed by atoms with Crippen LogP contribution in [-0.2, 0) is 0 Å². The maximum absolute atomic E-state index is 5.17. The lowest BCUT2D eigenvalue weighted by Gasteiger charge is -2.16. The lowest BCUT2D eigenvalue weighted by molar-refractivity contribution is 0.440. The molecule has 6 aromatic rings. The molecule has 25 nitrogen and oxygen atoms in total. The van der Waals surface area contributed by atoms with Gasteiger partial charge in [-0.15, -0.1) is 0 Å². The molecule has 5 aromatic heterocycles. The van der Waals surface area contributed by atoms with Crippen molar-refractivity contribution in [1.29, 1.82) is 0 Å². The van der Waals surface area contributed by atoms with E-state index in [9.17, 15) is 0 Å². The average Bonchev–Trinajstić information content (AvgIpc) is 3.46. The van der Waals surface area contributed by atoms with Gasteiger partial charge in [0.15, 0.2) is 0 Å². The van der Waals surface area contributed by atoms with Gasteiger partial charge in [0.25, 0.3) is 0 Å². The van der Waals surface area contributed by atoms with Crippen LogP contribution in [0.2, 0.25) is 0 Å². The van der Waals surface area contributed by atoms with Crippen LogP contribution in [0.4, 0.5) is 0 Å². The first-order valence-electron chi connectivity index (χ1n) is 34.2. The number of fused-ring (bicyclic) bond motifs is 1. The van der Waals surface area contributed by atoms with Gasteiger partial charge in [-0.1, -0.05) is 83.5 Å². The molecule has 97 heavy (non-hydrogen) atoms. The molecule has 10 aliphatic heterocycles. The van der Waals surface area contributed by atoms with E-state index in [1.54, 1.807) is 43.6 Å². The van der Waals surface area contributed by atoms with Crippen LogP contribution >= 0.6 is 0 Å². The summed E-state index contributed by atoms with van der Waals surface area (Å²) >= 11 is 0. The van der Waals surface area contributed by atoms with Gasteiger partial charge in [0.1, 0.15) is 11.8 Å². The minimum absolute atomic E-state index is 0.259. The number of furan rings is 2. The van der Waals surface area contributed by atoms with Gasteiger partial charge >= 0.3 is 0 Å². The van der Waals surface area contributed by atoms with Gasteiger partial charge in [-0.3, -0.25) is 20.4 Å². The quantitative estimate of drug-likeness (QED) is 0.0677. The van der Waals surface area contributed by atoms with Crippen molar-refractivity contribution in [3.8, 4) is 0 Å². The number of hydrazone groups is 10. The molecule has 11 atom stereocenters. The first-order valence-corrected chi connectivity index (χ1v) is 34.2. The molecule has 516 valence electrons. The minimum atomic E-state index is 0.259. The Kier molecular flexibility index (Phi) is 30.8. The number of nitrogens with one attached hydrogen (secondary N) is 10. The molecule has 0 spiro atoms.